The fourth-order valence-corrected chi connectivity index (χ4v) is 2.08. The average Bonchev–Trinajstić information content (AvgIpc) is 2.53. The largest absolute Gasteiger partial charge is 0.330 e. The summed E-state index contributed by atoms with van der Waals surface area (Å²) in [5, 5.41) is 0. The van der Waals surface area contributed by atoms with E-state index >= 15 is 0 Å². The Labute approximate surface area is 99.6 Å². The molecule has 0 saturated carbocycles. The van der Waals surface area contributed by atoms with E-state index in [0.717, 1.165) is 0 Å². The van der Waals surface area contributed by atoms with Gasteiger partial charge in [-0.05, 0) is 38.9 Å². The predicted octanol–water partition coefficient (Wildman–Crippen LogP) is 0.805. The fraction of sp³-hybridized carbons (Fsp3) is 0.417. The molecule has 0 bridgehead atoms. The number of hydrogen-bond acceptors (Lipinski definition) is 4. The lowest BCUT2D eigenvalue weighted by molar-refractivity contribution is 0.0469. The molecular formula is C12H15N3O2. The number of rotatable bonds is 3. The molecule has 0 spiro atoms. The first-order chi connectivity index (χ1) is 7.99. The van der Waals surface area contributed by atoms with Gasteiger partial charge >= 0.3 is 0 Å². The Hall–Kier alpha value is -1.75. The van der Waals surface area contributed by atoms with E-state index in [9.17, 15) is 9.59 Å². The van der Waals surface area contributed by atoms with Crippen LogP contribution >= 0.6 is 0 Å². The third kappa shape index (κ3) is 1.72. The van der Waals surface area contributed by atoms with Gasteiger partial charge < -0.3 is 5.73 Å². The summed E-state index contributed by atoms with van der Waals surface area (Å²) in [5.41, 5.74) is 5.55. The van der Waals surface area contributed by atoms with E-state index in [-0.39, 0.29) is 17.5 Å². The van der Waals surface area contributed by atoms with Crippen LogP contribution < -0.4 is 5.73 Å². The smallest absolute Gasteiger partial charge is 0.280 e. The maximum Gasteiger partial charge on any atom is 0.280 e. The zero-order chi connectivity index (χ0) is 12.6. The van der Waals surface area contributed by atoms with Gasteiger partial charge in [-0.15, -0.1) is 0 Å². The van der Waals surface area contributed by atoms with Crippen LogP contribution in [0.2, 0.25) is 0 Å². The minimum Gasteiger partial charge on any atom is -0.330 e. The van der Waals surface area contributed by atoms with Crippen molar-refractivity contribution in [1.82, 2.24) is 9.88 Å². The molecule has 2 N–H and O–H groups in total. The quantitative estimate of drug-likeness (QED) is 0.784. The SMILES string of the molecule is CC(C)(CCN)N1C(=O)c2cccnc2C1=O. The second-order valence-corrected chi connectivity index (χ2v) is 4.70. The molecule has 5 heteroatoms. The van der Waals surface area contributed by atoms with Crippen molar-refractivity contribution in [1.29, 1.82) is 0 Å². The molecule has 0 unspecified atom stereocenters. The minimum atomic E-state index is -0.580. The summed E-state index contributed by atoms with van der Waals surface area (Å²) in [7, 11) is 0. The lowest BCUT2D eigenvalue weighted by Crippen LogP contribution is -2.48. The van der Waals surface area contributed by atoms with Gasteiger partial charge in [0.05, 0.1) is 5.56 Å². The highest BCUT2D eigenvalue weighted by molar-refractivity contribution is 6.20. The van der Waals surface area contributed by atoms with Crippen LogP contribution in [0.1, 0.15) is 41.1 Å². The third-order valence-electron chi connectivity index (χ3n) is 3.01. The summed E-state index contributed by atoms with van der Waals surface area (Å²) in [6, 6.07) is 3.28. The molecule has 17 heavy (non-hydrogen) atoms. The monoisotopic (exact) mass is 233 g/mol. The Balaban J connectivity index is 2.43. The van der Waals surface area contributed by atoms with Crippen molar-refractivity contribution in [3.63, 3.8) is 0 Å². The van der Waals surface area contributed by atoms with Gasteiger partial charge in [0.15, 0.2) is 0 Å². The third-order valence-corrected chi connectivity index (χ3v) is 3.01. The summed E-state index contributed by atoms with van der Waals surface area (Å²) in [5.74, 6) is -0.611. The number of pyridine rings is 1. The number of amides is 2. The number of imide groups is 1. The highest BCUT2D eigenvalue weighted by atomic mass is 16.2. The Morgan fingerprint density at radius 3 is 2.65 bits per heavy atom. The first-order valence-electron chi connectivity index (χ1n) is 5.53. The molecular weight excluding hydrogens is 218 g/mol. The van der Waals surface area contributed by atoms with Gasteiger partial charge in [-0.25, -0.2) is 0 Å². The van der Waals surface area contributed by atoms with Gasteiger partial charge in [-0.3, -0.25) is 19.5 Å². The highest BCUT2D eigenvalue weighted by Gasteiger charge is 2.44. The topological polar surface area (TPSA) is 76.3 Å². The van der Waals surface area contributed by atoms with E-state index < -0.39 is 5.54 Å². The van der Waals surface area contributed by atoms with Crippen LogP contribution in [0.4, 0.5) is 0 Å². The van der Waals surface area contributed by atoms with E-state index in [2.05, 4.69) is 4.98 Å². The Morgan fingerprint density at radius 1 is 1.35 bits per heavy atom. The van der Waals surface area contributed by atoms with Crippen LogP contribution in [-0.2, 0) is 0 Å². The molecule has 1 aliphatic heterocycles. The second-order valence-electron chi connectivity index (χ2n) is 4.70. The van der Waals surface area contributed by atoms with Crippen LogP contribution in [0.3, 0.4) is 0 Å². The fourth-order valence-electron chi connectivity index (χ4n) is 2.08. The van der Waals surface area contributed by atoms with Gasteiger partial charge in [0.2, 0.25) is 0 Å². The van der Waals surface area contributed by atoms with Crippen molar-refractivity contribution in [2.24, 2.45) is 5.73 Å². The molecule has 5 nitrogen and oxygen atoms in total. The van der Waals surface area contributed by atoms with Crippen LogP contribution in [0.15, 0.2) is 18.3 Å². The average molecular weight is 233 g/mol. The highest BCUT2D eigenvalue weighted by Crippen LogP contribution is 2.29. The number of carbonyl (C=O) groups excluding carboxylic acids is 2. The van der Waals surface area contributed by atoms with Crippen molar-refractivity contribution >= 4 is 11.8 Å². The van der Waals surface area contributed by atoms with Gasteiger partial charge in [0.1, 0.15) is 5.69 Å². The molecule has 2 amide bonds. The Kier molecular flexibility index (Phi) is 2.71. The van der Waals surface area contributed by atoms with Gasteiger partial charge in [0, 0.05) is 11.7 Å². The van der Waals surface area contributed by atoms with E-state index in [0.29, 0.717) is 18.5 Å². The lowest BCUT2D eigenvalue weighted by Gasteiger charge is -2.33. The molecule has 0 aromatic carbocycles. The van der Waals surface area contributed by atoms with Crippen LogP contribution in [-0.4, -0.2) is 33.8 Å². The standard InChI is InChI=1S/C12H15N3O2/c1-12(2,5-6-13)15-10(16)8-4-3-7-14-9(8)11(15)17/h3-4,7H,5-6,13H2,1-2H3. The first-order valence-corrected chi connectivity index (χ1v) is 5.53. The number of nitrogens with zero attached hydrogens (tertiary/aromatic N) is 2. The zero-order valence-electron chi connectivity index (χ0n) is 9.93. The van der Waals surface area contributed by atoms with E-state index in [4.69, 9.17) is 5.73 Å². The van der Waals surface area contributed by atoms with Crippen molar-refractivity contribution in [3.8, 4) is 0 Å². The Morgan fingerprint density at radius 2 is 2.06 bits per heavy atom. The molecule has 1 aliphatic rings. The van der Waals surface area contributed by atoms with Crippen molar-refractivity contribution < 1.29 is 9.59 Å². The second kappa shape index (κ2) is 3.92. The molecule has 0 saturated heterocycles. The van der Waals surface area contributed by atoms with Gasteiger partial charge in [0.25, 0.3) is 11.8 Å². The predicted molar refractivity (Wildman–Crippen MR) is 62.5 cm³/mol. The van der Waals surface area contributed by atoms with E-state index in [1.165, 1.54) is 11.1 Å². The van der Waals surface area contributed by atoms with Crippen LogP contribution in [0.5, 0.6) is 0 Å². The molecule has 0 radical (unpaired) electrons. The van der Waals surface area contributed by atoms with Gasteiger partial charge in [-0.1, -0.05) is 0 Å². The maximum absolute atomic E-state index is 12.2. The molecule has 90 valence electrons. The number of hydrogen-bond donors (Lipinski definition) is 1. The van der Waals surface area contributed by atoms with Crippen molar-refractivity contribution in [2.45, 2.75) is 25.8 Å². The molecule has 2 heterocycles. The Bertz CT molecular complexity index is 447. The molecule has 1 aromatic rings. The van der Waals surface area contributed by atoms with Crippen molar-refractivity contribution in [3.05, 3.63) is 29.6 Å². The normalized spacial score (nSPS) is 15.4. The summed E-state index contributed by atoms with van der Waals surface area (Å²) < 4.78 is 0. The number of aromatic nitrogens is 1. The molecule has 0 aliphatic carbocycles. The lowest BCUT2D eigenvalue weighted by atomic mass is 9.98. The van der Waals surface area contributed by atoms with Crippen LogP contribution in [0.25, 0.3) is 0 Å². The van der Waals surface area contributed by atoms with E-state index in [1.54, 1.807) is 12.1 Å². The van der Waals surface area contributed by atoms with Crippen LogP contribution in [0, 0.1) is 0 Å². The summed E-state index contributed by atoms with van der Waals surface area (Å²) in [6.07, 6.45) is 2.09. The zero-order valence-corrected chi connectivity index (χ0v) is 9.93. The molecule has 2 rings (SSSR count). The van der Waals surface area contributed by atoms with E-state index in [1.807, 2.05) is 13.8 Å². The van der Waals surface area contributed by atoms with Gasteiger partial charge in [-0.2, -0.15) is 0 Å². The summed E-state index contributed by atoms with van der Waals surface area (Å²) in [4.78, 5) is 29.5. The number of fused-ring (bicyclic) bond motifs is 1. The minimum absolute atomic E-state index is 0.239. The summed E-state index contributed by atoms with van der Waals surface area (Å²) >= 11 is 0. The van der Waals surface area contributed by atoms with Crippen molar-refractivity contribution in [2.75, 3.05) is 6.54 Å². The summed E-state index contributed by atoms with van der Waals surface area (Å²) in [6.45, 7) is 4.09. The first kappa shape index (κ1) is 11.7. The number of carbonyl (C=O) groups is 2. The number of nitrogens with two attached hydrogens (primary N) is 1. The molecule has 1 aromatic heterocycles. The maximum atomic E-state index is 12.2. The molecule has 0 atom stereocenters. The molecule has 0 fully saturated rings.